The van der Waals surface area contributed by atoms with E-state index in [0.717, 1.165) is 12.8 Å². The minimum Gasteiger partial charge on any atom is -0.466 e. The number of ether oxygens (including phenoxy) is 1. The van der Waals surface area contributed by atoms with Gasteiger partial charge in [-0.3, -0.25) is 0 Å². The summed E-state index contributed by atoms with van der Waals surface area (Å²) in [6.07, 6.45) is 7.55. The summed E-state index contributed by atoms with van der Waals surface area (Å²) in [5.41, 5.74) is 1.25. The van der Waals surface area contributed by atoms with Crippen LogP contribution in [0.2, 0.25) is 0 Å². The second kappa shape index (κ2) is 7.84. The van der Waals surface area contributed by atoms with E-state index in [1.54, 1.807) is 6.08 Å². The zero-order chi connectivity index (χ0) is 10.1. The van der Waals surface area contributed by atoms with Gasteiger partial charge in [0.25, 0.3) is 0 Å². The Hall–Kier alpha value is -0.790. The van der Waals surface area contributed by atoms with Gasteiger partial charge in [0, 0.05) is 6.08 Å². The minimum atomic E-state index is -0.207. The van der Waals surface area contributed by atoms with E-state index >= 15 is 0 Å². The molecule has 76 valence electrons. The zero-order valence-electron chi connectivity index (χ0n) is 8.93. The Kier molecular flexibility index (Phi) is 7.36. The first-order chi connectivity index (χ1) is 6.33. The second-order valence-electron chi connectivity index (χ2n) is 2.89. The van der Waals surface area contributed by atoms with Gasteiger partial charge < -0.3 is 4.74 Å². The lowest BCUT2D eigenvalue weighted by molar-refractivity contribution is -0.134. The molecule has 0 bridgehead atoms. The molecule has 0 amide bonds. The van der Waals surface area contributed by atoms with Gasteiger partial charge in [0.1, 0.15) is 0 Å². The summed E-state index contributed by atoms with van der Waals surface area (Å²) in [6.45, 7) is 4.00. The van der Waals surface area contributed by atoms with Crippen LogP contribution in [0.3, 0.4) is 0 Å². The highest BCUT2D eigenvalue weighted by atomic mass is 16.5. The molecule has 1 fully saturated rings. The molecular weight excluding hydrogens is 164 g/mol. The predicted octanol–water partition coefficient (Wildman–Crippen LogP) is 3.08. The summed E-state index contributed by atoms with van der Waals surface area (Å²) in [6, 6.07) is 0. The van der Waals surface area contributed by atoms with E-state index in [9.17, 15) is 4.79 Å². The SMILES string of the molecule is CC.COC(=O)C=C1CCCCC1. The van der Waals surface area contributed by atoms with E-state index in [1.807, 2.05) is 13.8 Å². The standard InChI is InChI=1S/C9H14O2.C2H6/c1-11-9(10)7-8-5-3-2-4-6-8;1-2/h7H,2-6H2,1H3;1-2H3. The molecule has 0 aromatic carbocycles. The Morgan fingerprint density at radius 2 is 1.77 bits per heavy atom. The molecular formula is C11H20O2. The maximum atomic E-state index is 10.8. The molecule has 0 saturated heterocycles. The van der Waals surface area contributed by atoms with Crippen LogP contribution in [-0.4, -0.2) is 13.1 Å². The third kappa shape index (κ3) is 5.45. The fourth-order valence-electron chi connectivity index (χ4n) is 1.38. The first-order valence-electron chi connectivity index (χ1n) is 5.10. The van der Waals surface area contributed by atoms with Crippen LogP contribution in [0.25, 0.3) is 0 Å². The molecule has 0 aromatic rings. The van der Waals surface area contributed by atoms with Crippen LogP contribution in [0.5, 0.6) is 0 Å². The van der Waals surface area contributed by atoms with Crippen molar-refractivity contribution in [1.82, 2.24) is 0 Å². The number of carbonyl (C=O) groups excluding carboxylic acids is 1. The molecule has 0 heterocycles. The minimum absolute atomic E-state index is 0.207. The maximum absolute atomic E-state index is 10.8. The molecule has 2 heteroatoms. The summed E-state index contributed by atoms with van der Waals surface area (Å²) in [5.74, 6) is -0.207. The smallest absolute Gasteiger partial charge is 0.330 e. The van der Waals surface area contributed by atoms with Crippen molar-refractivity contribution in [3.8, 4) is 0 Å². The summed E-state index contributed by atoms with van der Waals surface area (Å²) >= 11 is 0. The van der Waals surface area contributed by atoms with Crippen molar-refractivity contribution in [3.63, 3.8) is 0 Å². The quantitative estimate of drug-likeness (QED) is 0.462. The van der Waals surface area contributed by atoms with Crippen LogP contribution in [0.15, 0.2) is 11.6 Å². The summed E-state index contributed by atoms with van der Waals surface area (Å²) < 4.78 is 4.54. The average Bonchev–Trinajstić information content (AvgIpc) is 2.22. The zero-order valence-corrected chi connectivity index (χ0v) is 8.93. The van der Waals surface area contributed by atoms with Crippen molar-refractivity contribution in [1.29, 1.82) is 0 Å². The number of carbonyl (C=O) groups is 1. The van der Waals surface area contributed by atoms with Gasteiger partial charge in [0.2, 0.25) is 0 Å². The van der Waals surface area contributed by atoms with Crippen molar-refractivity contribution in [3.05, 3.63) is 11.6 Å². The van der Waals surface area contributed by atoms with E-state index in [1.165, 1.54) is 31.9 Å². The molecule has 13 heavy (non-hydrogen) atoms. The van der Waals surface area contributed by atoms with Gasteiger partial charge in [-0.05, 0) is 25.7 Å². The Labute approximate surface area is 81.0 Å². The number of methoxy groups -OCH3 is 1. The number of rotatable bonds is 1. The number of esters is 1. The number of hydrogen-bond acceptors (Lipinski definition) is 2. The molecule has 0 aliphatic heterocycles. The lowest BCUT2D eigenvalue weighted by Crippen LogP contribution is -2.00. The van der Waals surface area contributed by atoms with E-state index in [2.05, 4.69) is 4.74 Å². The molecule has 0 aromatic heterocycles. The van der Waals surface area contributed by atoms with Gasteiger partial charge in [-0.2, -0.15) is 0 Å². The van der Waals surface area contributed by atoms with Crippen LogP contribution in [0.4, 0.5) is 0 Å². The van der Waals surface area contributed by atoms with Crippen LogP contribution >= 0.6 is 0 Å². The monoisotopic (exact) mass is 184 g/mol. The topological polar surface area (TPSA) is 26.3 Å². The molecule has 1 aliphatic carbocycles. The summed E-state index contributed by atoms with van der Waals surface area (Å²) in [4.78, 5) is 10.8. The van der Waals surface area contributed by atoms with E-state index < -0.39 is 0 Å². The first-order valence-corrected chi connectivity index (χ1v) is 5.10. The van der Waals surface area contributed by atoms with Gasteiger partial charge >= 0.3 is 5.97 Å². The Balaban J connectivity index is 0.000000671. The fraction of sp³-hybridized carbons (Fsp3) is 0.727. The fourth-order valence-corrected chi connectivity index (χ4v) is 1.38. The van der Waals surface area contributed by atoms with Crippen LogP contribution in [0.1, 0.15) is 46.0 Å². The predicted molar refractivity (Wildman–Crippen MR) is 54.5 cm³/mol. The van der Waals surface area contributed by atoms with E-state index in [-0.39, 0.29) is 5.97 Å². The molecule has 0 unspecified atom stereocenters. The molecule has 0 N–H and O–H groups in total. The van der Waals surface area contributed by atoms with E-state index in [0.29, 0.717) is 0 Å². The molecule has 0 radical (unpaired) electrons. The largest absolute Gasteiger partial charge is 0.466 e. The summed E-state index contributed by atoms with van der Waals surface area (Å²) in [7, 11) is 1.42. The molecule has 1 rings (SSSR count). The maximum Gasteiger partial charge on any atom is 0.330 e. The first kappa shape index (κ1) is 12.2. The van der Waals surface area contributed by atoms with Crippen LogP contribution in [-0.2, 0) is 9.53 Å². The van der Waals surface area contributed by atoms with E-state index in [4.69, 9.17) is 0 Å². The van der Waals surface area contributed by atoms with Crippen molar-refractivity contribution in [2.45, 2.75) is 46.0 Å². The normalized spacial score (nSPS) is 15.5. The number of hydrogen-bond donors (Lipinski definition) is 0. The Morgan fingerprint density at radius 1 is 1.23 bits per heavy atom. The highest BCUT2D eigenvalue weighted by molar-refractivity contribution is 5.82. The van der Waals surface area contributed by atoms with Crippen LogP contribution < -0.4 is 0 Å². The third-order valence-corrected chi connectivity index (χ3v) is 2.02. The molecule has 1 aliphatic rings. The van der Waals surface area contributed by atoms with Crippen LogP contribution in [0, 0.1) is 0 Å². The van der Waals surface area contributed by atoms with Crippen molar-refractivity contribution >= 4 is 5.97 Å². The highest BCUT2D eigenvalue weighted by Crippen LogP contribution is 2.22. The number of allylic oxidation sites excluding steroid dienone is 1. The molecule has 1 saturated carbocycles. The third-order valence-electron chi connectivity index (χ3n) is 2.02. The highest BCUT2D eigenvalue weighted by Gasteiger charge is 2.06. The summed E-state index contributed by atoms with van der Waals surface area (Å²) in [5, 5.41) is 0. The molecule has 0 spiro atoms. The van der Waals surface area contributed by atoms with Crippen molar-refractivity contribution in [2.24, 2.45) is 0 Å². The molecule has 0 atom stereocenters. The van der Waals surface area contributed by atoms with Gasteiger partial charge in [0.05, 0.1) is 7.11 Å². The van der Waals surface area contributed by atoms with Gasteiger partial charge in [0.15, 0.2) is 0 Å². The Bertz CT molecular complexity index is 163. The van der Waals surface area contributed by atoms with Gasteiger partial charge in [-0.25, -0.2) is 4.79 Å². The Morgan fingerprint density at radius 3 is 2.23 bits per heavy atom. The van der Waals surface area contributed by atoms with Gasteiger partial charge in [-0.1, -0.05) is 25.8 Å². The van der Waals surface area contributed by atoms with Crippen molar-refractivity contribution < 1.29 is 9.53 Å². The second-order valence-corrected chi connectivity index (χ2v) is 2.89. The average molecular weight is 184 g/mol. The van der Waals surface area contributed by atoms with Crippen molar-refractivity contribution in [2.75, 3.05) is 7.11 Å². The van der Waals surface area contributed by atoms with Gasteiger partial charge in [-0.15, -0.1) is 0 Å². The lowest BCUT2D eigenvalue weighted by atomic mass is 9.95. The molecule has 2 nitrogen and oxygen atoms in total. The lowest BCUT2D eigenvalue weighted by Gasteiger charge is -2.12.